The molecule has 1 aromatic rings. The number of fused-ring (bicyclic) bond motifs is 1. The Bertz CT molecular complexity index is 931. The number of β-lactam (4-membered cyclic amide) rings is 1. The average Bonchev–Trinajstić information content (AvgIpc) is 3.29. The van der Waals surface area contributed by atoms with Crippen molar-refractivity contribution in [2.45, 2.75) is 48.8 Å². The maximum absolute atomic E-state index is 13.5. The summed E-state index contributed by atoms with van der Waals surface area (Å²) in [5.41, 5.74) is 0.163. The number of hydrogen-bond acceptors (Lipinski definition) is 5. The van der Waals surface area contributed by atoms with E-state index in [4.69, 9.17) is 11.6 Å². The minimum atomic E-state index is -1.21. The molecule has 0 radical (unpaired) electrons. The summed E-state index contributed by atoms with van der Waals surface area (Å²) in [6.45, 7) is 0. The molecular weight excluding hydrogens is 414 g/mol. The van der Waals surface area contributed by atoms with Gasteiger partial charge in [-0.1, -0.05) is 41.9 Å². The Balaban J connectivity index is 1.51. The van der Waals surface area contributed by atoms with Gasteiger partial charge in [-0.25, -0.2) is 4.79 Å². The van der Waals surface area contributed by atoms with Crippen molar-refractivity contribution < 1.29 is 19.5 Å². The molecule has 1 aliphatic carbocycles. The highest BCUT2D eigenvalue weighted by Gasteiger charge is 2.64. The molecule has 3 aliphatic heterocycles. The van der Waals surface area contributed by atoms with Crippen LogP contribution in [0.15, 0.2) is 41.1 Å². The van der Waals surface area contributed by atoms with Gasteiger partial charge in [0.15, 0.2) is 0 Å². The molecule has 0 aromatic heterocycles. The van der Waals surface area contributed by atoms with Crippen LogP contribution in [0.1, 0.15) is 37.3 Å². The van der Waals surface area contributed by atoms with Crippen LogP contribution in [0.25, 0.3) is 0 Å². The van der Waals surface area contributed by atoms with Crippen LogP contribution in [0.3, 0.4) is 0 Å². The summed E-state index contributed by atoms with van der Waals surface area (Å²) < 4.78 is 0. The number of nitrogens with one attached hydrogen (secondary N) is 1. The highest BCUT2D eigenvalue weighted by molar-refractivity contribution is 8.00. The van der Waals surface area contributed by atoms with Gasteiger partial charge in [0.25, 0.3) is 5.91 Å². The topological polar surface area (TPSA) is 90.0 Å². The predicted molar refractivity (Wildman–Crippen MR) is 108 cm³/mol. The SMILES string of the molecule is O=C(O)C1=C(Cl)CS[C@H]2[C@H](N3C(=O)C(c4ccccc4)NC34CCCC4)C(=O)N12. The van der Waals surface area contributed by atoms with Crippen molar-refractivity contribution in [3.8, 4) is 0 Å². The van der Waals surface area contributed by atoms with Crippen LogP contribution in [0.2, 0.25) is 0 Å². The molecule has 4 aliphatic rings. The molecule has 0 bridgehead atoms. The number of benzene rings is 1. The molecule has 3 fully saturated rings. The zero-order valence-corrected chi connectivity index (χ0v) is 17.1. The minimum absolute atomic E-state index is 0.116. The normalized spacial score (nSPS) is 30.7. The Labute approximate surface area is 177 Å². The number of thioether (sulfide) groups is 1. The molecule has 5 rings (SSSR count). The van der Waals surface area contributed by atoms with E-state index in [1.807, 2.05) is 30.3 Å². The van der Waals surface area contributed by atoms with E-state index in [2.05, 4.69) is 5.32 Å². The monoisotopic (exact) mass is 433 g/mol. The summed E-state index contributed by atoms with van der Waals surface area (Å²) in [5, 5.41) is 12.8. The van der Waals surface area contributed by atoms with Gasteiger partial charge in [0, 0.05) is 5.75 Å². The van der Waals surface area contributed by atoms with Gasteiger partial charge in [0.05, 0.1) is 10.7 Å². The van der Waals surface area contributed by atoms with Gasteiger partial charge in [-0.3, -0.25) is 19.8 Å². The Morgan fingerprint density at radius 3 is 2.52 bits per heavy atom. The second-order valence-electron chi connectivity index (χ2n) is 7.85. The van der Waals surface area contributed by atoms with Crippen LogP contribution in [0.5, 0.6) is 0 Å². The number of carbonyl (C=O) groups excluding carboxylic acids is 2. The molecule has 2 N–H and O–H groups in total. The summed E-state index contributed by atoms with van der Waals surface area (Å²) >= 11 is 7.50. The maximum atomic E-state index is 13.5. The molecule has 1 unspecified atom stereocenters. The molecule has 7 nitrogen and oxygen atoms in total. The average molecular weight is 434 g/mol. The second-order valence-corrected chi connectivity index (χ2v) is 9.41. The van der Waals surface area contributed by atoms with Gasteiger partial charge in [-0.15, -0.1) is 11.8 Å². The summed E-state index contributed by atoms with van der Waals surface area (Å²) in [4.78, 5) is 41.3. The van der Waals surface area contributed by atoms with Crippen LogP contribution >= 0.6 is 23.4 Å². The molecular formula is C20H20ClN3O4S. The highest BCUT2D eigenvalue weighted by atomic mass is 35.5. The third kappa shape index (κ3) is 2.65. The van der Waals surface area contributed by atoms with Gasteiger partial charge < -0.3 is 10.0 Å². The number of halogens is 1. The lowest BCUT2D eigenvalue weighted by Crippen LogP contribution is -2.74. The van der Waals surface area contributed by atoms with Crippen LogP contribution < -0.4 is 5.32 Å². The molecule has 1 saturated carbocycles. The van der Waals surface area contributed by atoms with E-state index in [1.54, 1.807) is 4.90 Å². The lowest BCUT2D eigenvalue weighted by atomic mass is 9.98. The summed E-state index contributed by atoms with van der Waals surface area (Å²) in [6, 6.07) is 8.35. The number of carbonyl (C=O) groups is 3. The first-order valence-electron chi connectivity index (χ1n) is 9.67. The van der Waals surface area contributed by atoms with E-state index in [0.717, 1.165) is 31.2 Å². The van der Waals surface area contributed by atoms with Crippen LogP contribution in [-0.2, 0) is 14.4 Å². The van der Waals surface area contributed by atoms with Gasteiger partial charge in [0.1, 0.15) is 23.2 Å². The number of rotatable bonds is 3. The molecule has 3 heterocycles. The van der Waals surface area contributed by atoms with Crippen LogP contribution in [0, 0.1) is 0 Å². The number of amides is 2. The fourth-order valence-corrected chi connectivity index (χ4v) is 6.63. The Morgan fingerprint density at radius 1 is 1.17 bits per heavy atom. The Hall–Kier alpha value is -2.03. The van der Waals surface area contributed by atoms with Crippen molar-refractivity contribution in [1.82, 2.24) is 15.1 Å². The number of nitrogens with zero attached hydrogens (tertiary/aromatic N) is 2. The van der Waals surface area contributed by atoms with Crippen molar-refractivity contribution in [2.75, 3.05) is 5.75 Å². The van der Waals surface area contributed by atoms with Crippen molar-refractivity contribution >= 4 is 41.1 Å². The number of carboxylic acid groups (broad SMARTS) is 1. The fraction of sp³-hybridized carbons (Fsp3) is 0.450. The molecule has 1 aromatic carbocycles. The molecule has 152 valence electrons. The summed E-state index contributed by atoms with van der Waals surface area (Å²) in [6.07, 6.45) is 3.52. The first-order valence-corrected chi connectivity index (χ1v) is 11.1. The van der Waals surface area contributed by atoms with E-state index in [1.165, 1.54) is 16.7 Å². The standard InChI is InChI=1S/C20H20ClN3O4S/c21-12-10-29-18-15(17(26)23(18)14(12)19(27)28)24-16(25)13(11-6-2-1-3-7-11)22-20(24)8-4-5-9-20/h1-3,6-7,13,15,18,22H,4-5,8-10H2,(H,27,28)/t13?,15-,18+/m1/s1. The smallest absolute Gasteiger partial charge is 0.353 e. The highest BCUT2D eigenvalue weighted by Crippen LogP contribution is 2.50. The first-order chi connectivity index (χ1) is 13.9. The zero-order valence-electron chi connectivity index (χ0n) is 15.5. The first kappa shape index (κ1) is 19.0. The lowest BCUT2D eigenvalue weighted by molar-refractivity contribution is -0.163. The van der Waals surface area contributed by atoms with Crippen molar-refractivity contribution in [1.29, 1.82) is 0 Å². The Kier molecular flexibility index (Phi) is 4.42. The Morgan fingerprint density at radius 2 is 1.86 bits per heavy atom. The number of carboxylic acids is 1. The zero-order chi connectivity index (χ0) is 20.3. The third-order valence-corrected chi connectivity index (χ3v) is 8.03. The number of hydrogen-bond donors (Lipinski definition) is 2. The predicted octanol–water partition coefficient (Wildman–Crippen LogP) is 2.25. The molecule has 9 heteroatoms. The largest absolute Gasteiger partial charge is 0.477 e. The van der Waals surface area contributed by atoms with E-state index in [9.17, 15) is 19.5 Å². The summed E-state index contributed by atoms with van der Waals surface area (Å²) in [7, 11) is 0. The second kappa shape index (κ2) is 6.75. The summed E-state index contributed by atoms with van der Waals surface area (Å²) in [5.74, 6) is -1.38. The van der Waals surface area contributed by atoms with E-state index >= 15 is 0 Å². The lowest BCUT2D eigenvalue weighted by Gasteiger charge is -2.54. The van der Waals surface area contributed by atoms with Crippen molar-refractivity contribution in [2.24, 2.45) is 0 Å². The minimum Gasteiger partial charge on any atom is -0.477 e. The van der Waals surface area contributed by atoms with Gasteiger partial charge >= 0.3 is 5.97 Å². The van der Waals surface area contributed by atoms with Crippen molar-refractivity contribution in [3.05, 3.63) is 46.6 Å². The van der Waals surface area contributed by atoms with Gasteiger partial charge in [-0.05, 0) is 31.2 Å². The van der Waals surface area contributed by atoms with Gasteiger partial charge in [-0.2, -0.15) is 0 Å². The van der Waals surface area contributed by atoms with E-state index < -0.39 is 29.1 Å². The molecule has 1 spiro atoms. The third-order valence-electron chi connectivity index (χ3n) is 6.30. The quantitative estimate of drug-likeness (QED) is 0.710. The van der Waals surface area contributed by atoms with Crippen LogP contribution in [-0.4, -0.2) is 55.5 Å². The maximum Gasteiger partial charge on any atom is 0.353 e. The van der Waals surface area contributed by atoms with Crippen molar-refractivity contribution in [3.63, 3.8) is 0 Å². The fourth-order valence-electron chi connectivity index (χ4n) is 5.04. The molecule has 29 heavy (non-hydrogen) atoms. The van der Waals surface area contributed by atoms with E-state index in [-0.39, 0.29) is 22.5 Å². The van der Waals surface area contributed by atoms with Gasteiger partial charge in [0.2, 0.25) is 5.91 Å². The van der Waals surface area contributed by atoms with E-state index in [0.29, 0.717) is 5.75 Å². The van der Waals surface area contributed by atoms with Crippen LogP contribution in [0.4, 0.5) is 0 Å². The molecule has 2 saturated heterocycles. The number of aliphatic carboxylic acids is 1. The molecule has 3 atom stereocenters. The molecule has 2 amide bonds.